The van der Waals surface area contributed by atoms with Gasteiger partial charge in [-0.2, -0.15) is 0 Å². The molecule has 2 aliphatic heterocycles. The van der Waals surface area contributed by atoms with Crippen LogP contribution >= 0.6 is 0 Å². The molecule has 2 rings (SSSR count). The molecular weight excluding hydrogens is 230 g/mol. The van der Waals surface area contributed by atoms with Gasteiger partial charge in [0.15, 0.2) is 0 Å². The van der Waals surface area contributed by atoms with E-state index in [9.17, 15) is 4.79 Å². The first kappa shape index (κ1) is 13.8. The number of hydrogen-bond donors (Lipinski definition) is 1. The second-order valence-corrected chi connectivity index (χ2v) is 5.34. The number of nitrogens with two attached hydrogens (primary N) is 1. The van der Waals surface area contributed by atoms with Crippen LogP contribution in [0, 0.1) is 0 Å². The minimum atomic E-state index is -0.0494. The third kappa shape index (κ3) is 3.22. The van der Waals surface area contributed by atoms with Crippen LogP contribution in [0.25, 0.3) is 0 Å². The molecule has 2 unspecified atom stereocenters. The van der Waals surface area contributed by atoms with E-state index in [1.807, 2.05) is 11.9 Å². The van der Waals surface area contributed by atoms with E-state index in [2.05, 4.69) is 4.90 Å². The zero-order valence-corrected chi connectivity index (χ0v) is 11.3. The summed E-state index contributed by atoms with van der Waals surface area (Å²) in [5, 5.41) is 0. The van der Waals surface area contributed by atoms with Gasteiger partial charge < -0.3 is 15.4 Å². The molecule has 2 N–H and O–H groups in total. The van der Waals surface area contributed by atoms with Gasteiger partial charge in [0.1, 0.15) is 0 Å². The van der Waals surface area contributed by atoms with Crippen molar-refractivity contribution < 1.29 is 9.53 Å². The average Bonchev–Trinajstić information content (AvgIpc) is 2.82. The molecule has 0 aromatic rings. The average molecular weight is 255 g/mol. The maximum atomic E-state index is 12.3. The predicted molar refractivity (Wildman–Crippen MR) is 70.3 cm³/mol. The highest BCUT2D eigenvalue weighted by Gasteiger charge is 2.32. The molecule has 2 aliphatic rings. The summed E-state index contributed by atoms with van der Waals surface area (Å²) in [5.74, 6) is 0.218. The molecule has 0 spiro atoms. The van der Waals surface area contributed by atoms with Crippen molar-refractivity contribution in [2.45, 2.75) is 37.8 Å². The molecule has 2 atom stereocenters. The number of amides is 1. The molecule has 0 aromatic carbocycles. The Kier molecular flexibility index (Phi) is 4.97. The number of carbonyl (C=O) groups excluding carboxylic acids is 1. The Balaban J connectivity index is 2.01. The normalized spacial score (nSPS) is 30.8. The number of carbonyl (C=O) groups is 1. The summed E-state index contributed by atoms with van der Waals surface area (Å²) < 4.78 is 5.69. The van der Waals surface area contributed by atoms with Crippen LogP contribution < -0.4 is 5.73 Å². The molecule has 5 heteroatoms. The van der Waals surface area contributed by atoms with Crippen molar-refractivity contribution in [3.63, 3.8) is 0 Å². The van der Waals surface area contributed by atoms with Gasteiger partial charge in [-0.1, -0.05) is 0 Å². The Labute approximate surface area is 109 Å². The Bertz CT molecular complexity index is 279. The molecule has 2 heterocycles. The van der Waals surface area contributed by atoms with E-state index in [1.165, 1.54) is 0 Å². The second-order valence-electron chi connectivity index (χ2n) is 5.34. The summed E-state index contributed by atoms with van der Waals surface area (Å²) >= 11 is 0. The molecule has 5 nitrogen and oxygen atoms in total. The van der Waals surface area contributed by atoms with Gasteiger partial charge in [0.2, 0.25) is 5.91 Å². The smallest absolute Gasteiger partial charge is 0.239 e. The van der Waals surface area contributed by atoms with Crippen molar-refractivity contribution in [2.75, 3.05) is 39.8 Å². The topological polar surface area (TPSA) is 58.8 Å². The zero-order valence-electron chi connectivity index (χ0n) is 11.3. The molecule has 2 fully saturated rings. The molecule has 0 aromatic heterocycles. The Morgan fingerprint density at radius 1 is 1.39 bits per heavy atom. The van der Waals surface area contributed by atoms with E-state index in [4.69, 9.17) is 10.5 Å². The lowest BCUT2D eigenvalue weighted by Gasteiger charge is -2.31. The van der Waals surface area contributed by atoms with E-state index >= 15 is 0 Å². The van der Waals surface area contributed by atoms with Gasteiger partial charge in [-0.05, 0) is 32.2 Å². The molecule has 0 bridgehead atoms. The summed E-state index contributed by atoms with van der Waals surface area (Å²) in [5.41, 5.74) is 5.66. The van der Waals surface area contributed by atoms with Crippen LogP contribution in [0.4, 0.5) is 0 Å². The van der Waals surface area contributed by atoms with Gasteiger partial charge in [-0.25, -0.2) is 0 Å². The lowest BCUT2D eigenvalue weighted by molar-refractivity contribution is -0.134. The van der Waals surface area contributed by atoms with Gasteiger partial charge in [0, 0.05) is 33.3 Å². The van der Waals surface area contributed by atoms with Crippen LogP contribution in [-0.4, -0.2) is 67.7 Å². The zero-order chi connectivity index (χ0) is 13.0. The number of likely N-dealkylation sites (N-methyl/N-ethyl adjacent to an activating group) is 1. The van der Waals surface area contributed by atoms with Crippen molar-refractivity contribution in [3.8, 4) is 0 Å². The molecule has 18 heavy (non-hydrogen) atoms. The van der Waals surface area contributed by atoms with Crippen LogP contribution in [0.1, 0.15) is 25.7 Å². The summed E-state index contributed by atoms with van der Waals surface area (Å²) in [6, 6.07) is -0.0494. The summed E-state index contributed by atoms with van der Waals surface area (Å²) in [7, 11) is 1.89. The standard InChI is InChI=1S/C13H25N3O2/c1-15-7-3-8-16(10-11-4-2-9-18-11)12(5-6-14)13(15)17/h11-12H,2-10,14H2,1H3. The van der Waals surface area contributed by atoms with Crippen LogP contribution in [-0.2, 0) is 9.53 Å². The van der Waals surface area contributed by atoms with Crippen LogP contribution in [0.2, 0.25) is 0 Å². The Morgan fingerprint density at radius 3 is 2.89 bits per heavy atom. The van der Waals surface area contributed by atoms with Gasteiger partial charge in [0.25, 0.3) is 0 Å². The van der Waals surface area contributed by atoms with Crippen molar-refractivity contribution >= 4 is 5.91 Å². The predicted octanol–water partition coefficient (Wildman–Crippen LogP) is 0.0469. The highest BCUT2D eigenvalue weighted by molar-refractivity contribution is 5.81. The van der Waals surface area contributed by atoms with Crippen LogP contribution in [0.5, 0.6) is 0 Å². The third-order valence-electron chi connectivity index (χ3n) is 3.94. The Morgan fingerprint density at radius 2 is 2.22 bits per heavy atom. The van der Waals surface area contributed by atoms with Crippen LogP contribution in [0.15, 0.2) is 0 Å². The number of nitrogens with zero attached hydrogens (tertiary/aromatic N) is 2. The highest BCUT2D eigenvalue weighted by atomic mass is 16.5. The monoisotopic (exact) mass is 255 g/mol. The van der Waals surface area contributed by atoms with Crippen molar-refractivity contribution in [3.05, 3.63) is 0 Å². The van der Waals surface area contributed by atoms with E-state index < -0.39 is 0 Å². The van der Waals surface area contributed by atoms with Crippen LogP contribution in [0.3, 0.4) is 0 Å². The lowest BCUT2D eigenvalue weighted by Crippen LogP contribution is -2.48. The van der Waals surface area contributed by atoms with Gasteiger partial charge in [-0.15, -0.1) is 0 Å². The fourth-order valence-corrected chi connectivity index (χ4v) is 2.92. The first-order valence-electron chi connectivity index (χ1n) is 7.03. The maximum absolute atomic E-state index is 12.3. The molecule has 1 amide bonds. The molecule has 104 valence electrons. The minimum absolute atomic E-state index is 0.0494. The molecule has 0 radical (unpaired) electrons. The third-order valence-corrected chi connectivity index (χ3v) is 3.94. The quantitative estimate of drug-likeness (QED) is 0.771. The van der Waals surface area contributed by atoms with Crippen molar-refractivity contribution in [1.82, 2.24) is 9.80 Å². The van der Waals surface area contributed by atoms with Gasteiger partial charge in [0.05, 0.1) is 12.1 Å². The first-order valence-corrected chi connectivity index (χ1v) is 7.03. The number of ether oxygens (including phenoxy) is 1. The number of rotatable bonds is 4. The minimum Gasteiger partial charge on any atom is -0.377 e. The number of hydrogen-bond acceptors (Lipinski definition) is 4. The molecular formula is C13H25N3O2. The maximum Gasteiger partial charge on any atom is 0.239 e. The Hall–Kier alpha value is -0.650. The highest BCUT2D eigenvalue weighted by Crippen LogP contribution is 2.18. The molecule has 0 saturated carbocycles. The largest absolute Gasteiger partial charge is 0.377 e. The summed E-state index contributed by atoms with van der Waals surface area (Å²) in [6.45, 7) is 4.13. The van der Waals surface area contributed by atoms with Crippen molar-refractivity contribution in [1.29, 1.82) is 0 Å². The van der Waals surface area contributed by atoms with E-state index in [0.29, 0.717) is 12.6 Å². The summed E-state index contributed by atoms with van der Waals surface area (Å²) in [4.78, 5) is 16.4. The summed E-state index contributed by atoms with van der Waals surface area (Å²) in [6.07, 6.45) is 4.36. The van der Waals surface area contributed by atoms with Gasteiger partial charge >= 0.3 is 0 Å². The first-order chi connectivity index (χ1) is 8.72. The van der Waals surface area contributed by atoms with E-state index in [-0.39, 0.29) is 11.9 Å². The van der Waals surface area contributed by atoms with E-state index in [1.54, 1.807) is 0 Å². The molecule has 0 aliphatic carbocycles. The lowest BCUT2D eigenvalue weighted by atomic mass is 10.1. The van der Waals surface area contributed by atoms with Gasteiger partial charge in [-0.3, -0.25) is 9.69 Å². The fraction of sp³-hybridized carbons (Fsp3) is 0.923. The van der Waals surface area contributed by atoms with E-state index in [0.717, 1.165) is 51.9 Å². The van der Waals surface area contributed by atoms with Crippen molar-refractivity contribution in [2.24, 2.45) is 5.73 Å². The fourth-order valence-electron chi connectivity index (χ4n) is 2.92. The SMILES string of the molecule is CN1CCCN(CC2CCCO2)C(CCN)C1=O. The second kappa shape index (κ2) is 6.50. The molecule has 2 saturated heterocycles.